The van der Waals surface area contributed by atoms with Crippen molar-refractivity contribution in [2.45, 2.75) is 56.2 Å². The van der Waals surface area contributed by atoms with Gasteiger partial charge in [0.05, 0.1) is 0 Å². The third kappa shape index (κ3) is 5.95. The molecule has 6 aromatic rings. The molecular weight excluding hydrogens is 830 g/mol. The van der Waals surface area contributed by atoms with Crippen LogP contribution in [0.25, 0.3) is 56.0 Å². The quantitative estimate of drug-likeness (QED) is 0.134. The zero-order chi connectivity index (χ0) is 33.1. The van der Waals surface area contributed by atoms with Crippen LogP contribution in [-0.2, 0) is 17.1 Å². The average Bonchev–Trinajstić information content (AvgIpc) is 3.68. The van der Waals surface area contributed by atoms with Gasteiger partial charge in [-0.1, -0.05) is 0 Å². The average molecular weight is 878 g/mol. The molecule has 0 aliphatic heterocycles. The second-order valence-corrected chi connectivity index (χ2v) is 58.9. The maximum atomic E-state index is 2.82. The fraction of sp³-hybridized carbons (Fsp3) is 0.217. The van der Waals surface area contributed by atoms with Crippen LogP contribution in [0.4, 0.5) is 0 Å². The molecule has 0 heterocycles. The van der Waals surface area contributed by atoms with E-state index in [2.05, 4.69) is 164 Å². The number of hydrogen-bond acceptors (Lipinski definition) is 0. The molecule has 2 unspecified atom stereocenters. The van der Waals surface area contributed by atoms with Gasteiger partial charge in [-0.3, -0.25) is 0 Å². The molecule has 0 spiro atoms. The van der Waals surface area contributed by atoms with Gasteiger partial charge in [0, 0.05) is 0 Å². The second kappa shape index (κ2) is 14.2. The first-order chi connectivity index (χ1) is 23.3. The Balaban J connectivity index is 0.00000216. The summed E-state index contributed by atoms with van der Waals surface area (Å²) in [5.74, 6) is 0. The van der Waals surface area contributed by atoms with Gasteiger partial charge in [0.15, 0.2) is 0 Å². The van der Waals surface area contributed by atoms with E-state index in [1.165, 1.54) is 80.6 Å². The monoisotopic (exact) mass is 878 g/mol. The second-order valence-electron chi connectivity index (χ2n) is 15.4. The summed E-state index contributed by atoms with van der Waals surface area (Å²) < 4.78 is 6.69. The van der Waals surface area contributed by atoms with Crippen LogP contribution in [0.15, 0.2) is 132 Å². The number of halogens is 2. The van der Waals surface area contributed by atoms with Crippen LogP contribution in [0.2, 0.25) is 9.36 Å². The Labute approximate surface area is 313 Å². The van der Waals surface area contributed by atoms with Crippen LogP contribution < -0.4 is 0 Å². The maximum absolute atomic E-state index is 3.90. The van der Waals surface area contributed by atoms with Crippen molar-refractivity contribution < 1.29 is 17.1 Å². The molecule has 6 aromatic carbocycles. The van der Waals surface area contributed by atoms with Crippen LogP contribution in [-0.4, -0.2) is 6.94 Å². The number of rotatable bonds is 8. The van der Waals surface area contributed by atoms with Crippen molar-refractivity contribution in [2.75, 3.05) is 0 Å². The van der Waals surface area contributed by atoms with Crippen molar-refractivity contribution in [3.8, 4) is 22.3 Å². The normalized spacial score (nSPS) is 16.7. The van der Waals surface area contributed by atoms with Gasteiger partial charge in [0.2, 0.25) is 0 Å². The number of fused-ring (bicyclic) bond motifs is 4. The molecule has 50 heavy (non-hydrogen) atoms. The van der Waals surface area contributed by atoms with E-state index in [4.69, 9.17) is 0 Å². The first kappa shape index (κ1) is 36.8. The van der Waals surface area contributed by atoms with Crippen molar-refractivity contribution in [3.05, 3.63) is 155 Å². The van der Waals surface area contributed by atoms with Crippen molar-refractivity contribution >= 4 is 65.5 Å². The van der Waals surface area contributed by atoms with Gasteiger partial charge in [-0.15, -0.1) is 24.8 Å². The number of allylic oxidation sites excluding steroid dienone is 2. The molecule has 2 aliphatic carbocycles. The molecule has 0 bridgehead atoms. The molecule has 0 aromatic heterocycles. The van der Waals surface area contributed by atoms with Gasteiger partial charge in [-0.2, -0.15) is 0 Å². The van der Waals surface area contributed by atoms with E-state index in [-0.39, 0.29) is 24.8 Å². The van der Waals surface area contributed by atoms with Crippen LogP contribution in [0, 0.1) is 0 Å². The van der Waals surface area contributed by atoms with Gasteiger partial charge >= 0.3 is 291 Å². The number of benzene rings is 6. The van der Waals surface area contributed by atoms with E-state index in [0.29, 0.717) is 7.35 Å². The maximum Gasteiger partial charge on any atom is -0.147 e. The largest absolute Gasteiger partial charge is 0.147 e. The van der Waals surface area contributed by atoms with Crippen LogP contribution in [0.5, 0.6) is 0 Å². The van der Waals surface area contributed by atoms with Crippen molar-refractivity contribution in [1.82, 2.24) is 0 Å². The van der Waals surface area contributed by atoms with E-state index in [1.54, 1.807) is 22.3 Å². The molecule has 0 saturated carbocycles. The van der Waals surface area contributed by atoms with Gasteiger partial charge in [0.25, 0.3) is 0 Å². The van der Waals surface area contributed by atoms with Gasteiger partial charge in [-0.25, -0.2) is 0 Å². The van der Waals surface area contributed by atoms with Crippen LogP contribution >= 0.6 is 24.8 Å². The van der Waals surface area contributed by atoms with Crippen molar-refractivity contribution in [3.63, 3.8) is 0 Å². The number of hydrogen-bond donors (Lipinski definition) is 0. The van der Waals surface area contributed by atoms with Crippen molar-refractivity contribution in [1.29, 1.82) is 0 Å². The summed E-state index contributed by atoms with van der Waals surface area (Å²) >= 11 is -3.90. The Morgan fingerprint density at radius 1 is 0.480 bits per heavy atom. The van der Waals surface area contributed by atoms with Crippen molar-refractivity contribution in [2.24, 2.45) is 0 Å². The zero-order valence-electron chi connectivity index (χ0n) is 29.7. The minimum atomic E-state index is -3.90. The molecule has 0 saturated heterocycles. The summed E-state index contributed by atoms with van der Waals surface area (Å²) in [6, 6.07) is 45.8. The zero-order valence-corrected chi connectivity index (χ0v) is 36.3. The predicted molar refractivity (Wildman–Crippen MR) is 225 cm³/mol. The topological polar surface area (TPSA) is 0 Å². The van der Waals surface area contributed by atoms with Crippen LogP contribution in [0.1, 0.15) is 69.1 Å². The van der Waals surface area contributed by atoms with Gasteiger partial charge in [0.1, 0.15) is 0 Å². The van der Waals surface area contributed by atoms with E-state index < -0.39 is 17.1 Å². The molecule has 0 amide bonds. The Bertz CT molecular complexity index is 2200. The molecule has 2 aliphatic rings. The Kier molecular flexibility index (Phi) is 10.4. The molecule has 0 nitrogen and oxygen atoms in total. The minimum absolute atomic E-state index is 0. The van der Waals surface area contributed by atoms with E-state index >= 15 is 0 Å². The first-order valence-corrected chi connectivity index (χ1v) is 37.7. The summed E-state index contributed by atoms with van der Waals surface area (Å²) in [4.78, 5) is 0. The fourth-order valence-corrected chi connectivity index (χ4v) is 38.4. The molecule has 8 rings (SSSR count). The Hall–Kier alpha value is -3.01. The summed E-state index contributed by atoms with van der Waals surface area (Å²) in [5, 5.41) is 5.32. The smallest absolute Gasteiger partial charge is 0.147 e. The fourth-order valence-electron chi connectivity index (χ4n) is 9.74. The third-order valence-corrected chi connectivity index (χ3v) is 36.6. The molecular formula is C46H48Cl2HfSi. The van der Waals surface area contributed by atoms with E-state index in [0.717, 1.165) is 0 Å². The summed E-state index contributed by atoms with van der Waals surface area (Å²) in [7, 11) is 0. The van der Waals surface area contributed by atoms with Gasteiger partial charge < -0.3 is 0 Å². The Morgan fingerprint density at radius 3 is 1.26 bits per heavy atom. The molecule has 254 valence electrons. The SMILES string of the molecule is CCCC1=Cc2c(-c3cccc4ccccc34)cccc2[CH]1[Hf]([CH3])([CH3])(=[SiH2])[CH]1C(CCC)=Cc2c(-c3cccc4ccccc34)cccc21.Cl.Cl. The molecule has 0 fully saturated rings. The Morgan fingerprint density at radius 2 is 0.840 bits per heavy atom. The summed E-state index contributed by atoms with van der Waals surface area (Å²) in [5.41, 5.74) is 15.0. The predicted octanol–water partition coefficient (Wildman–Crippen LogP) is 13.7. The third-order valence-electron chi connectivity index (χ3n) is 11.4. The van der Waals surface area contributed by atoms with Gasteiger partial charge in [-0.05, 0) is 0 Å². The molecule has 4 heteroatoms. The summed E-state index contributed by atoms with van der Waals surface area (Å²) in [6.45, 7) is 7.23. The molecule has 0 N–H and O–H groups in total. The minimum Gasteiger partial charge on any atom is -0.147 e. The van der Waals surface area contributed by atoms with Crippen LogP contribution in [0.3, 0.4) is 0 Å². The first-order valence-electron chi connectivity index (χ1n) is 18.0. The standard InChI is InChI=1S/2C22H19.2CH3.2ClH.Hf.H2Si/c2*1-2-7-16-14-18-10-6-13-21(22(18)15-16)20-12-5-9-17-8-3-4-11-19(17)20;;;;;;/h2*3-6,8-15H,2,7H2,1H3;2*1H3;2*1H;;1H2. The summed E-state index contributed by atoms with van der Waals surface area (Å²) in [6.07, 6.45) is 9.98. The van der Waals surface area contributed by atoms with E-state index in [9.17, 15) is 0 Å². The molecule has 0 radical (unpaired) electrons. The molecule has 2 atom stereocenters. The van der Waals surface area contributed by atoms with E-state index in [1.807, 2.05) is 0 Å².